The maximum atomic E-state index is 11.5. The van der Waals surface area contributed by atoms with Crippen LogP contribution >= 0.6 is 0 Å². The fraction of sp³-hybridized carbons (Fsp3) is 1.00. The van der Waals surface area contributed by atoms with Crippen molar-refractivity contribution in [2.75, 3.05) is 25.2 Å². The van der Waals surface area contributed by atoms with Gasteiger partial charge in [0.2, 0.25) is 0 Å². The van der Waals surface area contributed by atoms with Gasteiger partial charge in [0.1, 0.15) is 0 Å². The van der Waals surface area contributed by atoms with E-state index in [2.05, 4.69) is 13.8 Å². The van der Waals surface area contributed by atoms with Gasteiger partial charge < -0.3 is 10.5 Å². The van der Waals surface area contributed by atoms with Crippen LogP contribution in [-0.2, 0) is 15.5 Å². The van der Waals surface area contributed by atoms with E-state index >= 15 is 0 Å². The summed E-state index contributed by atoms with van der Waals surface area (Å²) in [5, 5.41) is 0. The number of methoxy groups -OCH3 is 1. The molecule has 0 spiro atoms. The highest BCUT2D eigenvalue weighted by atomic mass is 32.2. The van der Waals surface area contributed by atoms with Crippen molar-refractivity contribution < 1.29 is 8.95 Å². The topological polar surface area (TPSA) is 52.3 Å². The molecule has 0 saturated heterocycles. The Balaban J connectivity index is 3.60. The predicted molar refractivity (Wildman–Crippen MR) is 61.8 cm³/mol. The molecule has 3 nitrogen and oxygen atoms in total. The van der Waals surface area contributed by atoms with Crippen molar-refractivity contribution in [1.29, 1.82) is 0 Å². The van der Waals surface area contributed by atoms with E-state index in [1.807, 2.05) is 0 Å². The second-order valence-corrected chi connectivity index (χ2v) is 5.33. The summed E-state index contributed by atoms with van der Waals surface area (Å²) in [5.41, 5.74) is 5.91. The zero-order chi connectivity index (χ0) is 11.0. The van der Waals surface area contributed by atoms with Gasteiger partial charge in [-0.05, 0) is 12.3 Å². The smallest absolute Gasteiger partial charge is 0.0471 e. The standard InChI is InChI=1S/C10H23NO2S/c1-4-9(2)10(11)8-14(12)7-5-6-13-3/h9-10H,4-8,11H2,1-3H3. The van der Waals surface area contributed by atoms with E-state index < -0.39 is 10.8 Å². The normalized spacial score (nSPS) is 17.7. The first kappa shape index (κ1) is 14.1. The Kier molecular flexibility index (Phi) is 8.43. The van der Waals surface area contributed by atoms with Gasteiger partial charge in [-0.15, -0.1) is 0 Å². The van der Waals surface area contributed by atoms with Gasteiger partial charge in [-0.1, -0.05) is 20.3 Å². The minimum absolute atomic E-state index is 0.0726. The van der Waals surface area contributed by atoms with E-state index in [-0.39, 0.29) is 6.04 Å². The molecule has 0 fully saturated rings. The van der Waals surface area contributed by atoms with Crippen LogP contribution in [-0.4, -0.2) is 35.5 Å². The van der Waals surface area contributed by atoms with Crippen molar-refractivity contribution in [1.82, 2.24) is 0 Å². The van der Waals surface area contributed by atoms with Gasteiger partial charge in [0.25, 0.3) is 0 Å². The third-order valence-corrected chi connectivity index (χ3v) is 3.97. The van der Waals surface area contributed by atoms with Gasteiger partial charge >= 0.3 is 0 Å². The summed E-state index contributed by atoms with van der Waals surface area (Å²) in [7, 11) is 0.882. The summed E-state index contributed by atoms with van der Waals surface area (Å²) < 4.78 is 16.4. The van der Waals surface area contributed by atoms with Crippen LogP contribution in [0.5, 0.6) is 0 Å². The summed E-state index contributed by atoms with van der Waals surface area (Å²) >= 11 is 0. The molecule has 3 unspecified atom stereocenters. The number of rotatable bonds is 8. The van der Waals surface area contributed by atoms with E-state index in [9.17, 15) is 4.21 Å². The molecule has 86 valence electrons. The van der Waals surface area contributed by atoms with Gasteiger partial charge in [-0.2, -0.15) is 0 Å². The van der Waals surface area contributed by atoms with E-state index in [4.69, 9.17) is 10.5 Å². The number of hydrogen-bond acceptors (Lipinski definition) is 3. The van der Waals surface area contributed by atoms with Crippen LogP contribution < -0.4 is 5.73 Å². The SMILES string of the molecule is CCC(C)C(N)CS(=O)CCCOC. The molecule has 0 aliphatic heterocycles. The first-order valence-electron chi connectivity index (χ1n) is 5.21. The first-order valence-corrected chi connectivity index (χ1v) is 6.70. The molecule has 0 heterocycles. The highest BCUT2D eigenvalue weighted by molar-refractivity contribution is 7.85. The molecule has 0 rings (SSSR count). The van der Waals surface area contributed by atoms with Crippen LogP contribution in [0.3, 0.4) is 0 Å². The Morgan fingerprint density at radius 2 is 2.14 bits per heavy atom. The van der Waals surface area contributed by atoms with Crippen molar-refractivity contribution >= 4 is 10.8 Å². The Morgan fingerprint density at radius 3 is 2.64 bits per heavy atom. The summed E-state index contributed by atoms with van der Waals surface area (Å²) in [6, 6.07) is 0.0726. The second-order valence-electron chi connectivity index (χ2n) is 3.71. The first-order chi connectivity index (χ1) is 6.61. The largest absolute Gasteiger partial charge is 0.385 e. The highest BCUT2D eigenvalue weighted by Crippen LogP contribution is 2.06. The molecule has 2 N–H and O–H groups in total. The van der Waals surface area contributed by atoms with E-state index in [0.29, 0.717) is 24.0 Å². The van der Waals surface area contributed by atoms with Crippen molar-refractivity contribution in [3.8, 4) is 0 Å². The Morgan fingerprint density at radius 1 is 1.50 bits per heavy atom. The lowest BCUT2D eigenvalue weighted by Gasteiger charge is -2.17. The third-order valence-electron chi connectivity index (χ3n) is 2.47. The van der Waals surface area contributed by atoms with Gasteiger partial charge in [-0.25, -0.2) is 0 Å². The Labute approximate surface area is 89.9 Å². The van der Waals surface area contributed by atoms with Crippen molar-refractivity contribution in [3.05, 3.63) is 0 Å². The Hall–Kier alpha value is 0.0700. The lowest BCUT2D eigenvalue weighted by Crippen LogP contribution is -2.34. The molecule has 0 aromatic heterocycles. The minimum atomic E-state index is -0.779. The average Bonchev–Trinajstić information content (AvgIpc) is 2.16. The quantitative estimate of drug-likeness (QED) is 0.625. The predicted octanol–water partition coefficient (Wildman–Crippen LogP) is 1.14. The summed E-state index contributed by atoms with van der Waals surface area (Å²) in [6.07, 6.45) is 1.91. The third kappa shape index (κ3) is 6.51. The minimum Gasteiger partial charge on any atom is -0.385 e. The molecule has 0 saturated carbocycles. The molecule has 0 aliphatic rings. The molecule has 3 atom stereocenters. The molecule has 0 aromatic carbocycles. The zero-order valence-corrected chi connectivity index (χ0v) is 10.3. The van der Waals surface area contributed by atoms with Crippen LogP contribution in [0.2, 0.25) is 0 Å². The fourth-order valence-electron chi connectivity index (χ4n) is 1.13. The van der Waals surface area contributed by atoms with Crippen LogP contribution in [0.15, 0.2) is 0 Å². The maximum Gasteiger partial charge on any atom is 0.0471 e. The Bertz CT molecular complexity index is 164. The van der Waals surface area contributed by atoms with E-state index in [1.165, 1.54) is 0 Å². The second kappa shape index (κ2) is 8.38. The van der Waals surface area contributed by atoms with Crippen LogP contribution in [0.1, 0.15) is 26.7 Å². The van der Waals surface area contributed by atoms with Gasteiger partial charge in [-0.3, -0.25) is 4.21 Å². The molecule has 4 heteroatoms. The highest BCUT2D eigenvalue weighted by Gasteiger charge is 2.13. The van der Waals surface area contributed by atoms with Gasteiger partial charge in [0.05, 0.1) is 0 Å². The summed E-state index contributed by atoms with van der Waals surface area (Å²) in [4.78, 5) is 0. The molecular weight excluding hydrogens is 198 g/mol. The monoisotopic (exact) mass is 221 g/mol. The molecule has 14 heavy (non-hydrogen) atoms. The number of ether oxygens (including phenoxy) is 1. The van der Waals surface area contributed by atoms with Gasteiger partial charge in [0, 0.05) is 42.1 Å². The van der Waals surface area contributed by atoms with Crippen molar-refractivity contribution in [2.24, 2.45) is 11.7 Å². The zero-order valence-electron chi connectivity index (χ0n) is 9.49. The summed E-state index contributed by atoms with van der Waals surface area (Å²) in [6.45, 7) is 4.90. The summed E-state index contributed by atoms with van der Waals surface area (Å²) in [5.74, 6) is 1.79. The lowest BCUT2D eigenvalue weighted by molar-refractivity contribution is 0.200. The van der Waals surface area contributed by atoms with Crippen LogP contribution in [0.25, 0.3) is 0 Å². The van der Waals surface area contributed by atoms with Gasteiger partial charge in [0.15, 0.2) is 0 Å². The molecular formula is C10H23NO2S. The maximum absolute atomic E-state index is 11.5. The molecule has 0 aliphatic carbocycles. The molecule has 0 bridgehead atoms. The van der Waals surface area contributed by atoms with E-state index in [1.54, 1.807) is 7.11 Å². The van der Waals surface area contributed by atoms with E-state index in [0.717, 1.165) is 12.8 Å². The lowest BCUT2D eigenvalue weighted by atomic mass is 10.0. The molecule has 0 radical (unpaired) electrons. The molecule has 0 aromatic rings. The number of hydrogen-bond donors (Lipinski definition) is 1. The van der Waals surface area contributed by atoms with Crippen LogP contribution in [0.4, 0.5) is 0 Å². The number of nitrogens with two attached hydrogens (primary N) is 1. The van der Waals surface area contributed by atoms with Crippen LogP contribution in [0, 0.1) is 5.92 Å². The fourth-order valence-corrected chi connectivity index (χ4v) is 2.49. The average molecular weight is 221 g/mol. The van der Waals surface area contributed by atoms with Crippen molar-refractivity contribution in [2.45, 2.75) is 32.7 Å². The van der Waals surface area contributed by atoms with Crippen molar-refractivity contribution in [3.63, 3.8) is 0 Å². The molecule has 0 amide bonds.